The minimum atomic E-state index is -1.33. The summed E-state index contributed by atoms with van der Waals surface area (Å²) in [6.07, 6.45) is -0.280. The van der Waals surface area contributed by atoms with Crippen molar-refractivity contribution in [1.82, 2.24) is 0 Å². The number of methoxy groups -OCH3 is 1. The normalized spacial score (nSPS) is 12.9. The highest BCUT2D eigenvalue weighted by atomic mass is 32.1. The third kappa shape index (κ3) is 5.46. The number of fused-ring (bicyclic) bond motifs is 1. The van der Waals surface area contributed by atoms with Gasteiger partial charge in [-0.05, 0) is 36.1 Å². The predicted molar refractivity (Wildman–Crippen MR) is 132 cm³/mol. The Morgan fingerprint density at radius 3 is 2.58 bits per heavy atom. The van der Waals surface area contributed by atoms with Crippen LogP contribution in [0.2, 0.25) is 0 Å². The van der Waals surface area contributed by atoms with Gasteiger partial charge in [0.1, 0.15) is 29.7 Å². The lowest BCUT2D eigenvalue weighted by Gasteiger charge is -2.26. The Hall–Kier alpha value is -4.03. The molecule has 0 unspecified atom stereocenters. The molecular formula is C26H23F2NO8S. The third-order valence-electron chi connectivity index (χ3n) is 5.64. The van der Waals surface area contributed by atoms with Crippen molar-refractivity contribution in [2.45, 2.75) is 20.0 Å². The quantitative estimate of drug-likeness (QED) is 0.277. The number of anilines is 1. The number of amides is 2. The number of hydrogen-bond acceptors (Lipinski definition) is 8. The van der Waals surface area contributed by atoms with Gasteiger partial charge in [0.2, 0.25) is 5.91 Å². The van der Waals surface area contributed by atoms with Gasteiger partial charge in [0, 0.05) is 24.3 Å². The van der Waals surface area contributed by atoms with Crippen molar-refractivity contribution in [3.63, 3.8) is 0 Å². The molecule has 0 bridgehead atoms. The zero-order valence-electron chi connectivity index (χ0n) is 20.4. The number of halogens is 2. The molecule has 0 saturated carbocycles. The number of carboxylic acid groups (broad SMARTS) is 1. The second kappa shape index (κ2) is 11.6. The first-order valence-corrected chi connectivity index (χ1v) is 12.3. The Kier molecular flexibility index (Phi) is 8.23. The summed E-state index contributed by atoms with van der Waals surface area (Å²) in [5.74, 6) is -4.24. The lowest BCUT2D eigenvalue weighted by molar-refractivity contribution is -0.117. The van der Waals surface area contributed by atoms with E-state index in [1.54, 1.807) is 0 Å². The van der Waals surface area contributed by atoms with Crippen molar-refractivity contribution in [2.24, 2.45) is 0 Å². The molecule has 2 amide bonds. The van der Waals surface area contributed by atoms with Gasteiger partial charge in [0.15, 0.2) is 17.3 Å². The third-order valence-corrected chi connectivity index (χ3v) is 6.66. The summed E-state index contributed by atoms with van der Waals surface area (Å²) in [7, 11) is 1.28. The molecule has 2 aromatic carbocycles. The standard InChI is InChI=1S/C26H23F2NO8S/c1-3-35-6-7-36-19-5-4-16(27)8-14(19)12-37-21-11-18(17(28)10-20(21)34-2)29-22(30)9-15-13-38-24(26(32)33)23(15)25(29)31/h4-5,8,10-11,13H,3,6-7,9,12H2,1-2H3,(H,32,33). The van der Waals surface area contributed by atoms with Crippen molar-refractivity contribution in [2.75, 3.05) is 31.8 Å². The molecule has 0 saturated heterocycles. The van der Waals surface area contributed by atoms with Crippen LogP contribution in [0.4, 0.5) is 14.5 Å². The van der Waals surface area contributed by atoms with Crippen LogP contribution in [0.3, 0.4) is 0 Å². The fourth-order valence-electron chi connectivity index (χ4n) is 3.91. The molecule has 0 fully saturated rings. The molecule has 0 radical (unpaired) electrons. The molecule has 2 heterocycles. The molecule has 1 aromatic heterocycles. The monoisotopic (exact) mass is 547 g/mol. The van der Waals surface area contributed by atoms with Gasteiger partial charge < -0.3 is 24.1 Å². The highest BCUT2D eigenvalue weighted by molar-refractivity contribution is 7.12. The molecule has 0 atom stereocenters. The fourth-order valence-corrected chi connectivity index (χ4v) is 4.80. The summed E-state index contributed by atoms with van der Waals surface area (Å²) >= 11 is 0.818. The van der Waals surface area contributed by atoms with Gasteiger partial charge in [-0.1, -0.05) is 0 Å². The van der Waals surface area contributed by atoms with Gasteiger partial charge in [-0.15, -0.1) is 11.3 Å². The molecule has 1 aliphatic rings. The van der Waals surface area contributed by atoms with Crippen molar-refractivity contribution < 1.29 is 47.2 Å². The molecule has 1 N–H and O–H groups in total. The van der Waals surface area contributed by atoms with E-state index in [1.165, 1.54) is 30.7 Å². The first-order valence-electron chi connectivity index (χ1n) is 11.4. The number of carbonyl (C=O) groups is 3. The topological polar surface area (TPSA) is 112 Å². The fraction of sp³-hybridized carbons (Fsp3) is 0.269. The number of ether oxygens (including phenoxy) is 4. The van der Waals surface area contributed by atoms with Crippen molar-refractivity contribution in [3.05, 3.63) is 68.9 Å². The molecule has 0 spiro atoms. The second-order valence-electron chi connectivity index (χ2n) is 8.02. The van der Waals surface area contributed by atoms with E-state index in [2.05, 4.69) is 0 Å². The second-order valence-corrected chi connectivity index (χ2v) is 8.90. The van der Waals surface area contributed by atoms with E-state index < -0.39 is 35.1 Å². The van der Waals surface area contributed by atoms with Gasteiger partial charge in [-0.25, -0.2) is 18.5 Å². The van der Waals surface area contributed by atoms with E-state index >= 15 is 4.39 Å². The lowest BCUT2D eigenvalue weighted by Crippen LogP contribution is -2.43. The van der Waals surface area contributed by atoms with E-state index in [0.717, 1.165) is 23.5 Å². The average molecular weight is 548 g/mol. The van der Waals surface area contributed by atoms with Crippen LogP contribution in [0.5, 0.6) is 17.2 Å². The Balaban J connectivity index is 1.64. The van der Waals surface area contributed by atoms with Gasteiger partial charge in [-0.2, -0.15) is 0 Å². The Bertz CT molecular complexity index is 1390. The maximum Gasteiger partial charge on any atom is 0.346 e. The van der Waals surface area contributed by atoms with E-state index in [1.807, 2.05) is 6.92 Å². The summed E-state index contributed by atoms with van der Waals surface area (Å²) in [6.45, 7) is 2.69. The average Bonchev–Trinajstić information content (AvgIpc) is 3.31. The van der Waals surface area contributed by atoms with Crippen LogP contribution in [-0.2, 0) is 22.6 Å². The maximum atomic E-state index is 15.1. The predicted octanol–water partition coefficient (Wildman–Crippen LogP) is 4.46. The number of thiophene rings is 1. The van der Waals surface area contributed by atoms with Gasteiger partial charge >= 0.3 is 5.97 Å². The van der Waals surface area contributed by atoms with Crippen LogP contribution in [0.15, 0.2) is 35.7 Å². The van der Waals surface area contributed by atoms with Crippen molar-refractivity contribution in [1.29, 1.82) is 0 Å². The first-order chi connectivity index (χ1) is 18.2. The number of aromatic carboxylic acids is 1. The van der Waals surface area contributed by atoms with Crippen LogP contribution >= 0.6 is 11.3 Å². The summed E-state index contributed by atoms with van der Waals surface area (Å²) in [6, 6.07) is 5.94. The smallest absolute Gasteiger partial charge is 0.346 e. The molecule has 9 nitrogen and oxygen atoms in total. The number of nitrogens with zero attached hydrogens (tertiary/aromatic N) is 1. The van der Waals surface area contributed by atoms with E-state index in [9.17, 15) is 23.9 Å². The molecule has 12 heteroatoms. The molecule has 200 valence electrons. The summed E-state index contributed by atoms with van der Waals surface area (Å²) in [5, 5.41) is 10.9. The largest absolute Gasteiger partial charge is 0.493 e. The minimum Gasteiger partial charge on any atom is -0.493 e. The highest BCUT2D eigenvalue weighted by Gasteiger charge is 2.38. The number of benzene rings is 2. The van der Waals surface area contributed by atoms with Crippen LogP contribution in [0.1, 0.15) is 38.1 Å². The van der Waals surface area contributed by atoms with Gasteiger partial charge in [-0.3, -0.25) is 9.59 Å². The molecule has 0 aliphatic carbocycles. The Labute approximate surface area is 220 Å². The highest BCUT2D eigenvalue weighted by Crippen LogP contribution is 2.39. The molecular weight excluding hydrogens is 524 g/mol. The molecule has 3 aromatic rings. The van der Waals surface area contributed by atoms with Crippen LogP contribution < -0.4 is 19.1 Å². The van der Waals surface area contributed by atoms with Crippen molar-refractivity contribution >= 4 is 34.8 Å². The SMILES string of the molecule is CCOCCOc1ccc(F)cc1COc1cc(N2C(=O)Cc3csc(C(=O)O)c3C2=O)c(F)cc1OC. The minimum absolute atomic E-state index is 0.0383. The van der Waals surface area contributed by atoms with E-state index in [-0.39, 0.29) is 47.1 Å². The van der Waals surface area contributed by atoms with Crippen LogP contribution in [0.25, 0.3) is 0 Å². The first kappa shape index (κ1) is 27.0. The zero-order valence-corrected chi connectivity index (χ0v) is 21.2. The maximum absolute atomic E-state index is 15.1. The lowest BCUT2D eigenvalue weighted by atomic mass is 10.0. The summed E-state index contributed by atoms with van der Waals surface area (Å²) in [5.41, 5.74) is 0.0189. The zero-order chi connectivity index (χ0) is 27.4. The number of carboxylic acids is 1. The van der Waals surface area contributed by atoms with Crippen LogP contribution in [-0.4, -0.2) is 49.8 Å². The summed E-state index contributed by atoms with van der Waals surface area (Å²) < 4.78 is 51.0. The van der Waals surface area contributed by atoms with Crippen LogP contribution in [0, 0.1) is 11.6 Å². The Morgan fingerprint density at radius 1 is 1.08 bits per heavy atom. The number of carbonyl (C=O) groups excluding carboxylic acids is 2. The van der Waals surface area contributed by atoms with E-state index in [4.69, 9.17) is 18.9 Å². The number of imide groups is 1. The van der Waals surface area contributed by atoms with Gasteiger partial charge in [0.05, 0.1) is 31.4 Å². The van der Waals surface area contributed by atoms with Crippen molar-refractivity contribution in [3.8, 4) is 17.2 Å². The molecule has 38 heavy (non-hydrogen) atoms. The van der Waals surface area contributed by atoms with E-state index in [0.29, 0.717) is 29.4 Å². The van der Waals surface area contributed by atoms with Gasteiger partial charge in [0.25, 0.3) is 5.91 Å². The molecule has 1 aliphatic heterocycles. The Morgan fingerprint density at radius 2 is 1.87 bits per heavy atom. The number of hydrogen-bond donors (Lipinski definition) is 1. The molecule has 4 rings (SSSR count). The number of rotatable bonds is 11. The summed E-state index contributed by atoms with van der Waals surface area (Å²) in [4.78, 5) is 37.9.